The zero-order valence-electron chi connectivity index (χ0n) is 19.3. The Bertz CT molecular complexity index is 1110. The molecule has 0 spiro atoms. The summed E-state index contributed by atoms with van der Waals surface area (Å²) in [7, 11) is -3.46. The standard InChI is InChI=1S/C25H34N4O3S/c30-25(27-13-3-1-4-14-27)21-8-7-15-28(19-21)24-12-9-20-18-22(10-11-23(20)26-24)33(31,32)29-16-5-2-6-17-29/h9-12,18,21H,1-8,13-17,19H2. The highest BCUT2D eigenvalue weighted by Crippen LogP contribution is 2.28. The molecule has 178 valence electrons. The van der Waals surface area contributed by atoms with Crippen LogP contribution in [0.5, 0.6) is 0 Å². The van der Waals surface area contributed by atoms with Gasteiger partial charge < -0.3 is 9.80 Å². The van der Waals surface area contributed by atoms with Gasteiger partial charge in [-0.05, 0) is 75.3 Å². The van der Waals surface area contributed by atoms with Crippen LogP contribution in [-0.4, -0.2) is 67.8 Å². The van der Waals surface area contributed by atoms with Crippen LogP contribution in [0.25, 0.3) is 10.9 Å². The van der Waals surface area contributed by atoms with E-state index in [1.165, 1.54) is 6.42 Å². The van der Waals surface area contributed by atoms with E-state index in [-0.39, 0.29) is 5.92 Å². The molecule has 3 aliphatic heterocycles. The number of pyridine rings is 1. The number of nitrogens with zero attached hydrogens (tertiary/aromatic N) is 4. The molecule has 1 unspecified atom stereocenters. The zero-order chi connectivity index (χ0) is 22.8. The molecule has 1 amide bonds. The SMILES string of the molecule is O=C(C1CCCN(c2ccc3cc(S(=O)(=O)N4CCCCC4)ccc3n2)C1)N1CCCCC1. The quantitative estimate of drug-likeness (QED) is 0.682. The van der Waals surface area contributed by atoms with Gasteiger partial charge in [0.05, 0.1) is 16.3 Å². The number of amides is 1. The summed E-state index contributed by atoms with van der Waals surface area (Å²) in [5, 5.41) is 0.829. The monoisotopic (exact) mass is 470 g/mol. The summed E-state index contributed by atoms with van der Waals surface area (Å²) >= 11 is 0. The summed E-state index contributed by atoms with van der Waals surface area (Å²) < 4.78 is 27.7. The van der Waals surface area contributed by atoms with E-state index < -0.39 is 10.0 Å². The predicted molar refractivity (Wildman–Crippen MR) is 130 cm³/mol. The van der Waals surface area contributed by atoms with E-state index in [1.807, 2.05) is 18.2 Å². The van der Waals surface area contributed by atoms with Crippen molar-refractivity contribution in [2.24, 2.45) is 5.92 Å². The van der Waals surface area contributed by atoms with Gasteiger partial charge in [0.25, 0.3) is 0 Å². The Hall–Kier alpha value is -2.19. The zero-order valence-corrected chi connectivity index (χ0v) is 20.1. The van der Waals surface area contributed by atoms with Gasteiger partial charge in [-0.15, -0.1) is 0 Å². The van der Waals surface area contributed by atoms with Gasteiger partial charge in [0.2, 0.25) is 15.9 Å². The lowest BCUT2D eigenvalue weighted by molar-refractivity contribution is -0.136. The van der Waals surface area contributed by atoms with Crippen molar-refractivity contribution in [3.8, 4) is 0 Å². The number of hydrogen-bond donors (Lipinski definition) is 0. The van der Waals surface area contributed by atoms with E-state index in [4.69, 9.17) is 4.98 Å². The Morgan fingerprint density at radius 2 is 1.58 bits per heavy atom. The van der Waals surface area contributed by atoms with Crippen LogP contribution < -0.4 is 4.90 Å². The van der Waals surface area contributed by atoms with E-state index >= 15 is 0 Å². The van der Waals surface area contributed by atoms with Crippen LogP contribution >= 0.6 is 0 Å². The van der Waals surface area contributed by atoms with E-state index in [1.54, 1.807) is 16.4 Å². The summed E-state index contributed by atoms with van der Waals surface area (Å²) in [6.07, 6.45) is 8.32. The lowest BCUT2D eigenvalue weighted by atomic mass is 9.95. The minimum atomic E-state index is -3.46. The fraction of sp³-hybridized carbons (Fsp3) is 0.600. The molecule has 0 saturated carbocycles. The van der Waals surface area contributed by atoms with E-state index in [0.29, 0.717) is 30.4 Å². The molecular formula is C25H34N4O3S. The predicted octanol–water partition coefficient (Wildman–Crippen LogP) is 3.64. The number of anilines is 1. The molecular weight excluding hydrogens is 436 g/mol. The molecule has 0 aliphatic carbocycles. The molecule has 3 saturated heterocycles. The fourth-order valence-electron chi connectivity index (χ4n) is 5.44. The molecule has 0 radical (unpaired) electrons. The number of piperidine rings is 3. The number of carbonyl (C=O) groups excluding carboxylic acids is 1. The largest absolute Gasteiger partial charge is 0.356 e. The highest BCUT2D eigenvalue weighted by atomic mass is 32.2. The molecule has 3 aliphatic rings. The van der Waals surface area contributed by atoms with Crippen molar-refractivity contribution in [3.05, 3.63) is 30.3 Å². The normalized spacial score (nSPS) is 23.1. The third-order valence-corrected chi connectivity index (χ3v) is 9.26. The first-order valence-corrected chi connectivity index (χ1v) is 13.9. The Kier molecular flexibility index (Phi) is 6.56. The Balaban J connectivity index is 1.33. The number of likely N-dealkylation sites (tertiary alicyclic amines) is 1. The average molecular weight is 471 g/mol. The minimum absolute atomic E-state index is 0.0337. The van der Waals surface area contributed by atoms with Crippen LogP contribution in [0.2, 0.25) is 0 Å². The summed E-state index contributed by atoms with van der Waals surface area (Å²) in [6.45, 7) is 4.59. The molecule has 1 aromatic carbocycles. The summed E-state index contributed by atoms with van der Waals surface area (Å²) in [5.74, 6) is 1.20. The molecule has 1 atom stereocenters. The molecule has 4 heterocycles. The third kappa shape index (κ3) is 4.73. The van der Waals surface area contributed by atoms with Gasteiger partial charge in [-0.1, -0.05) is 6.42 Å². The van der Waals surface area contributed by atoms with Crippen molar-refractivity contribution in [2.45, 2.75) is 56.3 Å². The van der Waals surface area contributed by atoms with Gasteiger partial charge in [-0.2, -0.15) is 4.31 Å². The van der Waals surface area contributed by atoms with Crippen LogP contribution in [0, 0.1) is 5.92 Å². The van der Waals surface area contributed by atoms with Crippen molar-refractivity contribution in [1.29, 1.82) is 0 Å². The van der Waals surface area contributed by atoms with E-state index in [9.17, 15) is 13.2 Å². The molecule has 2 aromatic rings. The Morgan fingerprint density at radius 3 is 2.33 bits per heavy atom. The maximum atomic E-state index is 13.0. The van der Waals surface area contributed by atoms with Crippen molar-refractivity contribution >= 4 is 32.7 Å². The second-order valence-electron chi connectivity index (χ2n) is 9.66. The first kappa shape index (κ1) is 22.6. The molecule has 1 aromatic heterocycles. The number of hydrogen-bond acceptors (Lipinski definition) is 5. The van der Waals surface area contributed by atoms with Crippen LogP contribution in [0.3, 0.4) is 0 Å². The second-order valence-corrected chi connectivity index (χ2v) is 11.6. The van der Waals surface area contributed by atoms with Crippen LogP contribution in [0.15, 0.2) is 35.2 Å². The number of rotatable bonds is 4. The molecule has 8 heteroatoms. The smallest absolute Gasteiger partial charge is 0.243 e. The number of sulfonamides is 1. The first-order chi connectivity index (χ1) is 16.0. The van der Waals surface area contributed by atoms with Crippen LogP contribution in [-0.2, 0) is 14.8 Å². The topological polar surface area (TPSA) is 73.8 Å². The van der Waals surface area contributed by atoms with Gasteiger partial charge in [-0.3, -0.25) is 4.79 Å². The summed E-state index contributed by atoms with van der Waals surface area (Å²) in [4.78, 5) is 22.5. The molecule has 0 N–H and O–H groups in total. The van der Waals surface area contributed by atoms with Gasteiger partial charge in [0, 0.05) is 44.7 Å². The summed E-state index contributed by atoms with van der Waals surface area (Å²) in [6, 6.07) is 9.17. The third-order valence-electron chi connectivity index (χ3n) is 7.36. The highest BCUT2D eigenvalue weighted by molar-refractivity contribution is 7.89. The molecule has 0 bridgehead atoms. The Labute approximate surface area is 196 Å². The average Bonchev–Trinajstić information content (AvgIpc) is 2.88. The van der Waals surface area contributed by atoms with Gasteiger partial charge in [0.1, 0.15) is 5.82 Å². The molecule has 7 nitrogen and oxygen atoms in total. The van der Waals surface area contributed by atoms with Crippen LogP contribution in [0.4, 0.5) is 5.82 Å². The highest BCUT2D eigenvalue weighted by Gasteiger charge is 2.31. The van der Waals surface area contributed by atoms with E-state index in [0.717, 1.165) is 81.3 Å². The second kappa shape index (κ2) is 9.58. The number of fused-ring (bicyclic) bond motifs is 1. The van der Waals surface area contributed by atoms with Crippen molar-refractivity contribution in [1.82, 2.24) is 14.2 Å². The van der Waals surface area contributed by atoms with E-state index in [2.05, 4.69) is 9.80 Å². The molecule has 5 rings (SSSR count). The Morgan fingerprint density at radius 1 is 0.848 bits per heavy atom. The van der Waals surface area contributed by atoms with Gasteiger partial charge >= 0.3 is 0 Å². The maximum absolute atomic E-state index is 13.0. The van der Waals surface area contributed by atoms with Crippen LogP contribution in [0.1, 0.15) is 51.4 Å². The molecule has 33 heavy (non-hydrogen) atoms. The molecule has 3 fully saturated rings. The maximum Gasteiger partial charge on any atom is 0.243 e. The van der Waals surface area contributed by atoms with Crippen molar-refractivity contribution in [3.63, 3.8) is 0 Å². The van der Waals surface area contributed by atoms with Gasteiger partial charge in [0.15, 0.2) is 0 Å². The number of aromatic nitrogens is 1. The fourth-order valence-corrected chi connectivity index (χ4v) is 7.00. The van der Waals surface area contributed by atoms with Crippen molar-refractivity contribution < 1.29 is 13.2 Å². The number of carbonyl (C=O) groups is 1. The first-order valence-electron chi connectivity index (χ1n) is 12.5. The lowest BCUT2D eigenvalue weighted by Gasteiger charge is -2.36. The van der Waals surface area contributed by atoms with Crippen molar-refractivity contribution in [2.75, 3.05) is 44.2 Å². The lowest BCUT2D eigenvalue weighted by Crippen LogP contribution is -2.46. The number of benzene rings is 1. The minimum Gasteiger partial charge on any atom is -0.356 e. The summed E-state index contributed by atoms with van der Waals surface area (Å²) in [5.41, 5.74) is 0.787. The van der Waals surface area contributed by atoms with Gasteiger partial charge in [-0.25, -0.2) is 13.4 Å².